The van der Waals surface area contributed by atoms with Crippen LogP contribution in [0.25, 0.3) is 0 Å². The molecule has 10 heteroatoms. The first-order valence-corrected chi connectivity index (χ1v) is 6.35. The molecule has 0 radical (unpaired) electrons. The number of hydrogen-bond donors (Lipinski definition) is 2. The Morgan fingerprint density at radius 1 is 1.37 bits per heavy atom. The van der Waals surface area contributed by atoms with Gasteiger partial charge in [-0.3, -0.25) is 19.9 Å². The Balaban J connectivity index is 2.48. The van der Waals surface area contributed by atoms with Gasteiger partial charge in [0.15, 0.2) is 16.5 Å². The number of H-pyrrole nitrogens is 1. The number of hydrogen-bond acceptors (Lipinski definition) is 5. The smallest absolute Gasteiger partial charge is 0.269 e. The van der Waals surface area contributed by atoms with Crippen molar-refractivity contribution in [3.63, 3.8) is 0 Å². The van der Waals surface area contributed by atoms with E-state index >= 15 is 0 Å². The van der Waals surface area contributed by atoms with E-state index in [9.17, 15) is 22.9 Å². The molecule has 0 aliphatic heterocycles. The first kappa shape index (κ1) is 13.0. The van der Waals surface area contributed by atoms with Crippen molar-refractivity contribution in [3.8, 4) is 0 Å². The number of rotatable bonds is 4. The Morgan fingerprint density at radius 2 is 2.11 bits per heavy atom. The minimum absolute atomic E-state index is 0.329. The van der Waals surface area contributed by atoms with Crippen LogP contribution in [0.5, 0.6) is 0 Å². The van der Waals surface area contributed by atoms with Crippen molar-refractivity contribution < 1.29 is 17.7 Å². The predicted octanol–water partition coefficient (Wildman–Crippen LogP) is 1.26. The predicted molar refractivity (Wildman–Crippen MR) is 62.5 cm³/mol. The van der Waals surface area contributed by atoms with Gasteiger partial charge in [-0.2, -0.15) is 13.5 Å². The van der Waals surface area contributed by atoms with Gasteiger partial charge in [-0.25, -0.2) is 4.39 Å². The lowest BCUT2D eigenvalue weighted by molar-refractivity contribution is -0.384. The Labute approximate surface area is 106 Å². The molecule has 0 saturated heterocycles. The highest BCUT2D eigenvalue weighted by Crippen LogP contribution is 2.28. The molecule has 0 unspecified atom stereocenters. The molecule has 0 saturated carbocycles. The maximum atomic E-state index is 13.5. The number of benzene rings is 1. The Kier molecular flexibility index (Phi) is 3.17. The molecule has 8 nitrogen and oxygen atoms in total. The first-order valence-electron chi connectivity index (χ1n) is 4.87. The molecule has 0 amide bonds. The number of aromatic amines is 1. The van der Waals surface area contributed by atoms with Gasteiger partial charge in [-0.1, -0.05) is 6.07 Å². The Morgan fingerprint density at radius 3 is 2.68 bits per heavy atom. The van der Waals surface area contributed by atoms with Crippen LogP contribution >= 0.6 is 0 Å². The van der Waals surface area contributed by atoms with Gasteiger partial charge < -0.3 is 0 Å². The average molecular weight is 286 g/mol. The van der Waals surface area contributed by atoms with Crippen molar-refractivity contribution in [3.05, 3.63) is 46.4 Å². The quantitative estimate of drug-likeness (QED) is 0.648. The normalized spacial score (nSPS) is 11.2. The standard InChI is InChI=1S/C9H7FN4O4S/c10-6-2-1-3-7(14(15)16)9(6)13-19(17,18)8-4-5-11-12-8/h1-5,13H,(H,11,12). The van der Waals surface area contributed by atoms with Crippen molar-refractivity contribution >= 4 is 21.4 Å². The van der Waals surface area contributed by atoms with E-state index in [2.05, 4.69) is 10.2 Å². The highest BCUT2D eigenvalue weighted by molar-refractivity contribution is 7.92. The molecular formula is C9H7FN4O4S. The van der Waals surface area contributed by atoms with E-state index in [0.717, 1.165) is 24.3 Å². The van der Waals surface area contributed by atoms with Gasteiger partial charge in [-0.05, 0) is 12.1 Å². The van der Waals surface area contributed by atoms with Gasteiger partial charge in [0.2, 0.25) is 0 Å². The fraction of sp³-hybridized carbons (Fsp3) is 0. The molecule has 0 atom stereocenters. The summed E-state index contributed by atoms with van der Waals surface area (Å²) in [6.45, 7) is 0. The number of nitro groups is 1. The second kappa shape index (κ2) is 4.65. The topological polar surface area (TPSA) is 118 Å². The number of nitrogens with zero attached hydrogens (tertiary/aromatic N) is 2. The lowest BCUT2D eigenvalue weighted by Crippen LogP contribution is -2.15. The monoisotopic (exact) mass is 286 g/mol. The van der Waals surface area contributed by atoms with Gasteiger partial charge in [0.05, 0.1) is 11.1 Å². The first-order chi connectivity index (χ1) is 8.92. The van der Waals surface area contributed by atoms with Crippen molar-refractivity contribution in [2.24, 2.45) is 0 Å². The van der Waals surface area contributed by atoms with Crippen LogP contribution in [-0.4, -0.2) is 23.5 Å². The van der Waals surface area contributed by atoms with Gasteiger partial charge >= 0.3 is 0 Å². The van der Waals surface area contributed by atoms with Crippen LogP contribution in [-0.2, 0) is 10.0 Å². The number of halogens is 1. The summed E-state index contributed by atoms with van der Waals surface area (Å²) in [6, 6.07) is 4.15. The molecule has 0 fully saturated rings. The third-order valence-electron chi connectivity index (χ3n) is 2.19. The molecule has 0 bridgehead atoms. The molecule has 1 aromatic carbocycles. The summed E-state index contributed by atoms with van der Waals surface area (Å²) >= 11 is 0. The summed E-state index contributed by atoms with van der Waals surface area (Å²) in [5, 5.41) is 16.0. The molecule has 19 heavy (non-hydrogen) atoms. The largest absolute Gasteiger partial charge is 0.296 e. The third-order valence-corrected chi connectivity index (χ3v) is 3.47. The zero-order valence-corrected chi connectivity index (χ0v) is 10.0. The fourth-order valence-corrected chi connectivity index (χ4v) is 2.34. The van der Waals surface area contributed by atoms with E-state index in [1.165, 1.54) is 6.20 Å². The molecule has 1 aromatic heterocycles. The number of para-hydroxylation sites is 1. The Hall–Kier alpha value is -2.49. The summed E-state index contributed by atoms with van der Waals surface area (Å²) < 4.78 is 39.0. The van der Waals surface area contributed by atoms with Crippen LogP contribution in [0, 0.1) is 15.9 Å². The number of nitrogens with one attached hydrogen (secondary N) is 2. The van der Waals surface area contributed by atoms with Crippen LogP contribution in [0.1, 0.15) is 0 Å². The maximum Gasteiger partial charge on any atom is 0.296 e. The molecule has 0 spiro atoms. The van der Waals surface area contributed by atoms with Crippen molar-refractivity contribution in [2.75, 3.05) is 4.72 Å². The lowest BCUT2D eigenvalue weighted by atomic mass is 10.2. The number of aromatic nitrogens is 2. The summed E-state index contributed by atoms with van der Waals surface area (Å²) in [6.07, 6.45) is 1.18. The number of nitro benzene ring substituents is 1. The van der Waals surface area contributed by atoms with Crippen molar-refractivity contribution in [2.45, 2.75) is 5.03 Å². The zero-order valence-electron chi connectivity index (χ0n) is 9.20. The van der Waals surface area contributed by atoms with Gasteiger partial charge in [-0.15, -0.1) is 0 Å². The Bertz CT molecular complexity index is 714. The van der Waals surface area contributed by atoms with E-state index < -0.39 is 32.1 Å². The summed E-state index contributed by atoms with van der Waals surface area (Å²) in [7, 11) is -4.16. The van der Waals surface area contributed by atoms with Crippen molar-refractivity contribution in [1.29, 1.82) is 0 Å². The molecule has 100 valence electrons. The minimum atomic E-state index is -4.16. The average Bonchev–Trinajstić information content (AvgIpc) is 2.85. The second-order valence-corrected chi connectivity index (χ2v) is 5.07. The molecule has 2 rings (SSSR count). The van der Waals surface area contributed by atoms with E-state index in [-0.39, 0.29) is 5.03 Å². The van der Waals surface area contributed by atoms with Crippen molar-refractivity contribution in [1.82, 2.24) is 10.2 Å². The third kappa shape index (κ3) is 2.52. The minimum Gasteiger partial charge on any atom is -0.269 e. The lowest BCUT2D eigenvalue weighted by Gasteiger charge is -2.07. The summed E-state index contributed by atoms with van der Waals surface area (Å²) in [5.74, 6) is -1.04. The van der Waals surface area contributed by atoms with E-state index in [4.69, 9.17) is 0 Å². The van der Waals surface area contributed by atoms with Crippen LogP contribution < -0.4 is 4.72 Å². The zero-order chi connectivity index (χ0) is 14.0. The number of anilines is 1. The number of sulfonamides is 1. The van der Waals surface area contributed by atoms with E-state index in [0.29, 0.717) is 0 Å². The van der Waals surface area contributed by atoms with Gasteiger partial charge in [0.1, 0.15) is 0 Å². The van der Waals surface area contributed by atoms with Crippen LogP contribution in [0.2, 0.25) is 0 Å². The highest BCUT2D eigenvalue weighted by Gasteiger charge is 2.24. The van der Waals surface area contributed by atoms with Crippen LogP contribution in [0.4, 0.5) is 15.8 Å². The SMILES string of the molecule is O=[N+]([O-])c1cccc(F)c1NS(=O)(=O)c1ccn[nH]1. The van der Waals surface area contributed by atoms with Gasteiger partial charge in [0.25, 0.3) is 15.7 Å². The van der Waals surface area contributed by atoms with Gasteiger partial charge in [0, 0.05) is 6.07 Å². The molecule has 0 aliphatic rings. The fourth-order valence-electron chi connectivity index (χ4n) is 1.35. The summed E-state index contributed by atoms with van der Waals surface area (Å²) in [4.78, 5) is 9.85. The maximum absolute atomic E-state index is 13.5. The van der Waals surface area contributed by atoms with E-state index in [1.807, 2.05) is 4.72 Å². The van der Waals surface area contributed by atoms with Crippen LogP contribution in [0.15, 0.2) is 35.5 Å². The molecular weight excluding hydrogens is 279 g/mol. The summed E-state index contributed by atoms with van der Waals surface area (Å²) in [5.41, 5.74) is -1.40. The highest BCUT2D eigenvalue weighted by atomic mass is 32.2. The second-order valence-electron chi connectivity index (χ2n) is 3.42. The van der Waals surface area contributed by atoms with E-state index in [1.54, 1.807) is 0 Å². The van der Waals surface area contributed by atoms with Crippen LogP contribution in [0.3, 0.4) is 0 Å². The molecule has 1 heterocycles. The molecule has 2 aromatic rings. The molecule has 2 N–H and O–H groups in total. The molecule has 0 aliphatic carbocycles.